The summed E-state index contributed by atoms with van der Waals surface area (Å²) in [4.78, 5) is 36.2. The van der Waals surface area contributed by atoms with Crippen LogP contribution < -0.4 is 5.32 Å². The van der Waals surface area contributed by atoms with Crippen LogP contribution in [0.1, 0.15) is 48.5 Å². The number of amides is 3. The fraction of sp³-hybridized carbons (Fsp3) is 0.773. The number of likely N-dealkylation sites (tertiary alicyclic amines) is 1. The molecule has 1 aliphatic heterocycles. The highest BCUT2D eigenvalue weighted by Crippen LogP contribution is 2.21. The Hall–Kier alpha value is -1.77. The van der Waals surface area contributed by atoms with Gasteiger partial charge in [0.2, 0.25) is 18.2 Å². The minimum absolute atomic E-state index is 0.341. The summed E-state index contributed by atoms with van der Waals surface area (Å²) in [5.41, 5.74) is 0. The minimum Gasteiger partial charge on any atom is -0.378 e. The van der Waals surface area contributed by atoms with Gasteiger partial charge < -0.3 is 19.7 Å². The van der Waals surface area contributed by atoms with E-state index in [-0.39, 0.29) is 0 Å². The molecule has 1 rings (SSSR count). The van der Waals surface area contributed by atoms with Crippen LogP contribution in [0.5, 0.6) is 0 Å². The molecular formula is C22H43N3O5. The lowest BCUT2D eigenvalue weighted by Gasteiger charge is -2.15. The molecule has 1 fully saturated rings. The second kappa shape index (κ2) is 20.5. The fourth-order valence-corrected chi connectivity index (χ4v) is 2.61. The number of imide groups is 1. The smallest absolute Gasteiger partial charge is 0.245 e. The number of carbonyl (C=O) groups excluding carboxylic acids is 3. The first-order chi connectivity index (χ1) is 14.4. The molecule has 0 aromatic heterocycles. The number of carbonyl (C=O) groups is 3. The summed E-state index contributed by atoms with van der Waals surface area (Å²) < 4.78 is 10.9. The summed E-state index contributed by atoms with van der Waals surface area (Å²) in [6.07, 6.45) is 2.60. The molecule has 1 aliphatic rings. The number of rotatable bonds is 12. The number of nitrogens with zero attached hydrogens (tertiary/aromatic N) is 2. The first kappa shape index (κ1) is 30.4. The van der Waals surface area contributed by atoms with Crippen LogP contribution in [-0.2, 0) is 23.9 Å². The number of ether oxygens (including phenoxy) is 2. The third-order valence-corrected chi connectivity index (χ3v) is 4.40. The van der Waals surface area contributed by atoms with Crippen LogP contribution in [0.4, 0.5) is 0 Å². The van der Waals surface area contributed by atoms with Crippen molar-refractivity contribution in [1.29, 1.82) is 0 Å². The van der Waals surface area contributed by atoms with Gasteiger partial charge in [0.1, 0.15) is 0 Å². The maximum atomic E-state index is 11.5. The summed E-state index contributed by atoms with van der Waals surface area (Å²) in [6.45, 7) is 19.5. The normalized spacial score (nSPS) is 18.1. The fourth-order valence-electron chi connectivity index (χ4n) is 2.61. The van der Waals surface area contributed by atoms with Gasteiger partial charge in [-0.25, -0.2) is 0 Å². The summed E-state index contributed by atoms with van der Waals surface area (Å²) in [5.74, 6) is 0.660. The van der Waals surface area contributed by atoms with Crippen molar-refractivity contribution < 1.29 is 23.9 Å². The SMILES string of the molecule is CC.CC.CC(=O)N(C=O)/C=C/C(=O)NCCOCCOCCN1CC(C)C(C)C1. The second-order valence-electron chi connectivity index (χ2n) is 6.58. The maximum Gasteiger partial charge on any atom is 0.245 e. The molecule has 1 heterocycles. The van der Waals surface area contributed by atoms with Crippen molar-refractivity contribution in [2.45, 2.75) is 48.5 Å². The van der Waals surface area contributed by atoms with Gasteiger partial charge in [-0.3, -0.25) is 19.3 Å². The summed E-state index contributed by atoms with van der Waals surface area (Å²) >= 11 is 0. The first-order valence-corrected chi connectivity index (χ1v) is 11.0. The Morgan fingerprint density at radius 2 is 1.53 bits per heavy atom. The third-order valence-electron chi connectivity index (χ3n) is 4.40. The highest BCUT2D eigenvalue weighted by Gasteiger charge is 2.25. The second-order valence-corrected chi connectivity index (χ2v) is 6.58. The van der Waals surface area contributed by atoms with Gasteiger partial charge in [0, 0.05) is 45.4 Å². The van der Waals surface area contributed by atoms with Gasteiger partial charge in [-0.1, -0.05) is 41.5 Å². The van der Waals surface area contributed by atoms with E-state index in [1.54, 1.807) is 0 Å². The van der Waals surface area contributed by atoms with Gasteiger partial charge in [0.15, 0.2) is 0 Å². The zero-order valence-corrected chi connectivity index (χ0v) is 20.0. The van der Waals surface area contributed by atoms with E-state index in [1.165, 1.54) is 6.92 Å². The Bertz CT molecular complexity index is 475. The van der Waals surface area contributed by atoms with Crippen LogP contribution in [0, 0.1) is 11.8 Å². The summed E-state index contributed by atoms with van der Waals surface area (Å²) in [5, 5.41) is 2.60. The minimum atomic E-state index is -0.457. The van der Waals surface area contributed by atoms with Crippen LogP contribution >= 0.6 is 0 Å². The van der Waals surface area contributed by atoms with Gasteiger partial charge in [-0.15, -0.1) is 0 Å². The molecule has 8 nitrogen and oxygen atoms in total. The molecule has 0 aromatic rings. The number of hydrogen-bond acceptors (Lipinski definition) is 6. The molecule has 1 N–H and O–H groups in total. The molecule has 0 radical (unpaired) electrons. The Labute approximate surface area is 183 Å². The number of hydrogen-bond donors (Lipinski definition) is 1. The van der Waals surface area contributed by atoms with E-state index in [9.17, 15) is 14.4 Å². The molecule has 3 amide bonds. The van der Waals surface area contributed by atoms with Crippen molar-refractivity contribution in [2.75, 3.05) is 52.6 Å². The van der Waals surface area contributed by atoms with Crippen molar-refractivity contribution in [3.05, 3.63) is 12.3 Å². The molecule has 0 saturated carbocycles. The largest absolute Gasteiger partial charge is 0.378 e. The maximum absolute atomic E-state index is 11.5. The van der Waals surface area contributed by atoms with Gasteiger partial charge in [-0.05, 0) is 11.8 Å². The summed E-state index contributed by atoms with van der Waals surface area (Å²) in [7, 11) is 0. The molecule has 30 heavy (non-hydrogen) atoms. The predicted molar refractivity (Wildman–Crippen MR) is 120 cm³/mol. The lowest BCUT2D eigenvalue weighted by atomic mass is 10.0. The van der Waals surface area contributed by atoms with Gasteiger partial charge in [-0.2, -0.15) is 0 Å². The van der Waals surface area contributed by atoms with E-state index in [0.29, 0.717) is 39.4 Å². The molecule has 176 valence electrons. The van der Waals surface area contributed by atoms with Gasteiger partial charge in [0.05, 0.1) is 26.4 Å². The van der Waals surface area contributed by atoms with Crippen molar-refractivity contribution in [3.63, 3.8) is 0 Å². The van der Waals surface area contributed by atoms with Crippen LogP contribution in [-0.4, -0.2) is 80.6 Å². The van der Waals surface area contributed by atoms with Gasteiger partial charge in [0.25, 0.3) is 0 Å². The first-order valence-electron chi connectivity index (χ1n) is 11.0. The van der Waals surface area contributed by atoms with E-state index < -0.39 is 11.8 Å². The van der Waals surface area contributed by atoms with E-state index in [0.717, 1.165) is 48.6 Å². The third kappa shape index (κ3) is 15.1. The molecule has 8 heteroatoms. The Morgan fingerprint density at radius 3 is 2.03 bits per heavy atom. The zero-order chi connectivity index (χ0) is 23.4. The highest BCUT2D eigenvalue weighted by atomic mass is 16.5. The average Bonchev–Trinajstić information content (AvgIpc) is 3.07. The van der Waals surface area contributed by atoms with E-state index in [1.807, 2.05) is 27.7 Å². The predicted octanol–water partition coefficient (Wildman–Crippen LogP) is 2.29. The Kier molecular flexibility index (Phi) is 20.8. The van der Waals surface area contributed by atoms with Crippen LogP contribution in [0.15, 0.2) is 12.3 Å². The quantitative estimate of drug-likeness (QED) is 0.291. The van der Waals surface area contributed by atoms with Crippen molar-refractivity contribution in [1.82, 2.24) is 15.1 Å². The molecular weight excluding hydrogens is 386 g/mol. The Balaban J connectivity index is 0. The summed E-state index contributed by atoms with van der Waals surface area (Å²) in [6, 6.07) is 0. The highest BCUT2D eigenvalue weighted by molar-refractivity contribution is 5.90. The molecule has 0 aliphatic carbocycles. The van der Waals surface area contributed by atoms with E-state index >= 15 is 0 Å². The lowest BCUT2D eigenvalue weighted by molar-refractivity contribution is -0.133. The van der Waals surface area contributed by atoms with Crippen LogP contribution in [0.2, 0.25) is 0 Å². The van der Waals surface area contributed by atoms with Crippen LogP contribution in [0.25, 0.3) is 0 Å². The molecule has 0 aromatic carbocycles. The van der Waals surface area contributed by atoms with Crippen molar-refractivity contribution in [3.8, 4) is 0 Å². The molecule has 2 atom stereocenters. The Morgan fingerprint density at radius 1 is 1.00 bits per heavy atom. The lowest BCUT2D eigenvalue weighted by Crippen LogP contribution is -2.28. The van der Waals surface area contributed by atoms with Crippen LogP contribution in [0.3, 0.4) is 0 Å². The standard InChI is InChI=1S/C18H31N3O5.2C2H6/c1-15-12-20(13-16(15)2)7-9-26-11-10-25-8-5-19-18(24)4-6-21(14-22)17(3)23;2*1-2/h4,6,14-16H,5,7-13H2,1-3H3,(H,19,24);2*1-2H3/b6-4+;;. The number of nitrogens with one attached hydrogen (secondary N) is 1. The molecule has 2 unspecified atom stereocenters. The van der Waals surface area contributed by atoms with Crippen molar-refractivity contribution >= 4 is 18.2 Å². The zero-order valence-electron chi connectivity index (χ0n) is 20.0. The average molecular weight is 430 g/mol. The van der Waals surface area contributed by atoms with E-state index in [4.69, 9.17) is 9.47 Å². The monoisotopic (exact) mass is 429 g/mol. The van der Waals surface area contributed by atoms with E-state index in [2.05, 4.69) is 24.1 Å². The van der Waals surface area contributed by atoms with Gasteiger partial charge >= 0.3 is 0 Å². The molecule has 0 bridgehead atoms. The molecule has 0 spiro atoms. The van der Waals surface area contributed by atoms with Crippen molar-refractivity contribution in [2.24, 2.45) is 11.8 Å². The molecule has 1 saturated heterocycles. The topological polar surface area (TPSA) is 88.2 Å².